The zero-order valence-corrected chi connectivity index (χ0v) is 11.0. The Hall–Kier alpha value is -1.69. The zero-order chi connectivity index (χ0) is 13.1. The predicted octanol–water partition coefficient (Wildman–Crippen LogP) is 1.47. The minimum atomic E-state index is -0.00285. The molecule has 2 rings (SSSR count). The predicted molar refractivity (Wildman–Crippen MR) is 66.7 cm³/mol. The molecule has 0 fully saturated rings. The first kappa shape index (κ1) is 12.8. The van der Waals surface area contributed by atoms with Gasteiger partial charge in [-0.1, -0.05) is 19.0 Å². The lowest BCUT2D eigenvalue weighted by Crippen LogP contribution is -2.20. The average molecular weight is 249 g/mol. The Kier molecular flexibility index (Phi) is 3.76. The van der Waals surface area contributed by atoms with Crippen LogP contribution in [0.15, 0.2) is 17.0 Å². The number of rotatable bonds is 5. The summed E-state index contributed by atoms with van der Waals surface area (Å²) < 4.78 is 7.13. The fourth-order valence-corrected chi connectivity index (χ4v) is 1.79. The highest BCUT2D eigenvalue weighted by Crippen LogP contribution is 2.18. The highest BCUT2D eigenvalue weighted by molar-refractivity contribution is 5.05. The molecule has 6 nitrogen and oxygen atoms in total. The van der Waals surface area contributed by atoms with Crippen LogP contribution in [-0.4, -0.2) is 19.7 Å². The van der Waals surface area contributed by atoms with Crippen LogP contribution >= 0.6 is 0 Å². The van der Waals surface area contributed by atoms with Gasteiger partial charge in [0.1, 0.15) is 0 Å². The van der Waals surface area contributed by atoms with Gasteiger partial charge in [0.2, 0.25) is 5.89 Å². The molecule has 0 bridgehead atoms. The number of aryl methyl sites for hydroxylation is 3. The molecule has 6 heteroatoms. The molecule has 0 aliphatic heterocycles. The van der Waals surface area contributed by atoms with Gasteiger partial charge in [-0.2, -0.15) is 4.98 Å². The summed E-state index contributed by atoms with van der Waals surface area (Å²) in [5.41, 5.74) is 7.19. The Morgan fingerprint density at radius 2 is 2.22 bits per heavy atom. The summed E-state index contributed by atoms with van der Waals surface area (Å²) in [7, 11) is 0. The number of hydrogen-bond acceptors (Lipinski definition) is 5. The van der Waals surface area contributed by atoms with Crippen LogP contribution in [0.25, 0.3) is 0 Å². The fourth-order valence-electron chi connectivity index (χ4n) is 1.79. The largest absolute Gasteiger partial charge is 0.339 e. The first-order chi connectivity index (χ1) is 8.58. The van der Waals surface area contributed by atoms with Crippen LogP contribution in [0.4, 0.5) is 0 Å². The summed E-state index contributed by atoms with van der Waals surface area (Å²) in [4.78, 5) is 8.34. The second-order valence-corrected chi connectivity index (χ2v) is 4.77. The van der Waals surface area contributed by atoms with Gasteiger partial charge in [-0.05, 0) is 12.8 Å². The lowest BCUT2D eigenvalue weighted by Gasteiger charge is -2.17. The van der Waals surface area contributed by atoms with Gasteiger partial charge >= 0.3 is 0 Å². The summed E-state index contributed by atoms with van der Waals surface area (Å²) in [6.45, 7) is 6.76. The molecule has 0 aromatic carbocycles. The molecule has 0 aliphatic carbocycles. The van der Waals surface area contributed by atoms with Gasteiger partial charge in [0.25, 0.3) is 0 Å². The SMILES string of the molecule is Cc1noc(CCn2cncc2C(N)C(C)C)n1. The molecular weight excluding hydrogens is 230 g/mol. The lowest BCUT2D eigenvalue weighted by atomic mass is 10.0. The minimum absolute atomic E-state index is 0.00285. The molecular formula is C12H19N5O. The second kappa shape index (κ2) is 5.30. The van der Waals surface area contributed by atoms with Crippen molar-refractivity contribution in [3.63, 3.8) is 0 Å². The van der Waals surface area contributed by atoms with E-state index in [1.54, 1.807) is 6.33 Å². The smallest absolute Gasteiger partial charge is 0.228 e. The third kappa shape index (κ3) is 2.76. The molecule has 1 unspecified atom stereocenters. The van der Waals surface area contributed by atoms with E-state index < -0.39 is 0 Å². The average Bonchev–Trinajstić information content (AvgIpc) is 2.93. The summed E-state index contributed by atoms with van der Waals surface area (Å²) in [6, 6.07) is -0.00285. The molecule has 98 valence electrons. The highest BCUT2D eigenvalue weighted by atomic mass is 16.5. The summed E-state index contributed by atoms with van der Waals surface area (Å²) in [5.74, 6) is 1.69. The molecule has 0 radical (unpaired) electrons. The number of hydrogen-bond donors (Lipinski definition) is 1. The minimum Gasteiger partial charge on any atom is -0.339 e. The summed E-state index contributed by atoms with van der Waals surface area (Å²) in [5, 5.41) is 3.77. The van der Waals surface area contributed by atoms with Crippen molar-refractivity contribution in [2.24, 2.45) is 11.7 Å². The number of aromatic nitrogens is 4. The Labute approximate surface area is 106 Å². The van der Waals surface area contributed by atoms with Crippen molar-refractivity contribution < 1.29 is 4.52 Å². The van der Waals surface area contributed by atoms with E-state index in [0.717, 1.165) is 12.2 Å². The molecule has 0 saturated heterocycles. The van der Waals surface area contributed by atoms with E-state index in [0.29, 0.717) is 24.1 Å². The molecule has 2 aromatic heterocycles. The van der Waals surface area contributed by atoms with Gasteiger partial charge in [0.05, 0.1) is 12.0 Å². The maximum absolute atomic E-state index is 6.14. The first-order valence-electron chi connectivity index (χ1n) is 6.12. The van der Waals surface area contributed by atoms with Gasteiger partial charge in [-0.15, -0.1) is 0 Å². The van der Waals surface area contributed by atoms with E-state index in [2.05, 4.69) is 29.0 Å². The van der Waals surface area contributed by atoms with Gasteiger partial charge in [-0.25, -0.2) is 4.98 Å². The van der Waals surface area contributed by atoms with Gasteiger partial charge in [-0.3, -0.25) is 0 Å². The van der Waals surface area contributed by atoms with Gasteiger partial charge in [0.15, 0.2) is 5.82 Å². The van der Waals surface area contributed by atoms with Crippen LogP contribution in [0.1, 0.15) is 37.3 Å². The third-order valence-corrected chi connectivity index (χ3v) is 2.94. The maximum atomic E-state index is 6.14. The van der Waals surface area contributed by atoms with Crippen LogP contribution in [0, 0.1) is 12.8 Å². The standard InChI is InChI=1S/C12H19N5O/c1-8(2)12(13)10-6-14-7-17(10)5-4-11-15-9(3)16-18-11/h6-8,12H,4-5,13H2,1-3H3. The molecule has 0 spiro atoms. The van der Waals surface area contributed by atoms with Crippen molar-refractivity contribution in [1.29, 1.82) is 0 Å². The lowest BCUT2D eigenvalue weighted by molar-refractivity contribution is 0.366. The summed E-state index contributed by atoms with van der Waals surface area (Å²) >= 11 is 0. The van der Waals surface area contributed by atoms with E-state index in [4.69, 9.17) is 10.3 Å². The van der Waals surface area contributed by atoms with E-state index in [1.807, 2.05) is 17.7 Å². The van der Waals surface area contributed by atoms with Crippen molar-refractivity contribution in [3.05, 3.63) is 29.9 Å². The second-order valence-electron chi connectivity index (χ2n) is 4.77. The van der Waals surface area contributed by atoms with E-state index in [-0.39, 0.29) is 6.04 Å². The Morgan fingerprint density at radius 3 is 2.83 bits per heavy atom. The summed E-state index contributed by atoms with van der Waals surface area (Å²) in [6.07, 6.45) is 4.31. The Bertz CT molecular complexity index is 502. The number of nitrogens with two attached hydrogens (primary N) is 1. The van der Waals surface area contributed by atoms with Crippen molar-refractivity contribution >= 4 is 0 Å². The van der Waals surface area contributed by atoms with Crippen LogP contribution in [0.5, 0.6) is 0 Å². The van der Waals surface area contributed by atoms with E-state index in [1.165, 1.54) is 0 Å². The van der Waals surface area contributed by atoms with Crippen molar-refractivity contribution in [2.45, 2.75) is 39.8 Å². The van der Waals surface area contributed by atoms with Gasteiger partial charge in [0, 0.05) is 25.2 Å². The molecule has 0 amide bonds. The van der Waals surface area contributed by atoms with Crippen molar-refractivity contribution in [1.82, 2.24) is 19.7 Å². The zero-order valence-electron chi connectivity index (χ0n) is 11.0. The molecule has 2 heterocycles. The van der Waals surface area contributed by atoms with Crippen LogP contribution in [-0.2, 0) is 13.0 Å². The molecule has 0 saturated carbocycles. The molecule has 2 aromatic rings. The van der Waals surface area contributed by atoms with Crippen molar-refractivity contribution in [2.75, 3.05) is 0 Å². The molecule has 18 heavy (non-hydrogen) atoms. The Balaban J connectivity index is 2.04. The van der Waals surface area contributed by atoms with Crippen LogP contribution < -0.4 is 5.73 Å². The Morgan fingerprint density at radius 1 is 1.44 bits per heavy atom. The fraction of sp³-hybridized carbons (Fsp3) is 0.583. The third-order valence-electron chi connectivity index (χ3n) is 2.94. The molecule has 0 aliphatic rings. The van der Waals surface area contributed by atoms with Crippen LogP contribution in [0.2, 0.25) is 0 Å². The maximum Gasteiger partial charge on any atom is 0.228 e. The normalized spacial score (nSPS) is 13.2. The van der Waals surface area contributed by atoms with E-state index in [9.17, 15) is 0 Å². The molecule has 2 N–H and O–H groups in total. The highest BCUT2D eigenvalue weighted by Gasteiger charge is 2.15. The van der Waals surface area contributed by atoms with Crippen LogP contribution in [0.3, 0.4) is 0 Å². The number of nitrogens with zero attached hydrogens (tertiary/aromatic N) is 4. The van der Waals surface area contributed by atoms with Crippen molar-refractivity contribution in [3.8, 4) is 0 Å². The molecule has 1 atom stereocenters. The van der Waals surface area contributed by atoms with Gasteiger partial charge < -0.3 is 14.8 Å². The first-order valence-corrected chi connectivity index (χ1v) is 6.12. The topological polar surface area (TPSA) is 82.8 Å². The monoisotopic (exact) mass is 249 g/mol. The van der Waals surface area contributed by atoms with E-state index >= 15 is 0 Å². The number of imidazole rings is 1. The quantitative estimate of drug-likeness (QED) is 0.867.